The van der Waals surface area contributed by atoms with Gasteiger partial charge in [0.1, 0.15) is 0 Å². The van der Waals surface area contributed by atoms with Gasteiger partial charge in [0.15, 0.2) is 11.5 Å². The van der Waals surface area contributed by atoms with Crippen LogP contribution in [0, 0.1) is 0 Å². The third kappa shape index (κ3) is 4.38. The van der Waals surface area contributed by atoms with Gasteiger partial charge in [0.2, 0.25) is 0 Å². The SMILES string of the molecule is CCOc1ccccc1OCCSc1cccc(N)c1. The summed E-state index contributed by atoms with van der Waals surface area (Å²) in [6.45, 7) is 3.23. The first-order valence-electron chi connectivity index (χ1n) is 6.62. The van der Waals surface area contributed by atoms with Crippen LogP contribution in [-0.2, 0) is 0 Å². The van der Waals surface area contributed by atoms with E-state index in [0.29, 0.717) is 13.2 Å². The minimum Gasteiger partial charge on any atom is -0.490 e. The van der Waals surface area contributed by atoms with Gasteiger partial charge in [0.05, 0.1) is 13.2 Å². The maximum absolute atomic E-state index is 5.76. The van der Waals surface area contributed by atoms with E-state index in [1.165, 1.54) is 0 Å². The van der Waals surface area contributed by atoms with Crippen LogP contribution < -0.4 is 15.2 Å². The van der Waals surface area contributed by atoms with Gasteiger partial charge in [-0.05, 0) is 37.3 Å². The summed E-state index contributed by atoms with van der Waals surface area (Å²) in [6, 6.07) is 15.6. The molecule has 0 unspecified atom stereocenters. The van der Waals surface area contributed by atoms with Gasteiger partial charge in [-0.25, -0.2) is 0 Å². The molecular formula is C16H19NO2S. The van der Waals surface area contributed by atoms with Crippen molar-refractivity contribution < 1.29 is 9.47 Å². The predicted molar refractivity (Wildman–Crippen MR) is 84.7 cm³/mol. The smallest absolute Gasteiger partial charge is 0.161 e. The number of hydrogen-bond donors (Lipinski definition) is 1. The minimum absolute atomic E-state index is 0.629. The Morgan fingerprint density at radius 1 is 1.00 bits per heavy atom. The molecule has 2 aromatic rings. The maximum atomic E-state index is 5.76. The number of para-hydroxylation sites is 2. The van der Waals surface area contributed by atoms with Gasteiger partial charge in [-0.15, -0.1) is 11.8 Å². The predicted octanol–water partition coefficient (Wildman–Crippen LogP) is 3.84. The van der Waals surface area contributed by atoms with E-state index in [0.717, 1.165) is 27.8 Å². The van der Waals surface area contributed by atoms with Gasteiger partial charge in [-0.3, -0.25) is 0 Å². The van der Waals surface area contributed by atoms with Crippen LogP contribution in [0.4, 0.5) is 5.69 Å². The van der Waals surface area contributed by atoms with Crippen molar-refractivity contribution in [2.75, 3.05) is 24.7 Å². The number of nitrogen functional groups attached to an aromatic ring is 1. The van der Waals surface area contributed by atoms with E-state index < -0.39 is 0 Å². The molecule has 0 heterocycles. The number of ether oxygens (including phenoxy) is 2. The molecule has 0 amide bonds. The van der Waals surface area contributed by atoms with Crippen LogP contribution in [-0.4, -0.2) is 19.0 Å². The van der Waals surface area contributed by atoms with Crippen LogP contribution in [0.25, 0.3) is 0 Å². The lowest BCUT2D eigenvalue weighted by Gasteiger charge is -2.11. The minimum atomic E-state index is 0.629. The lowest BCUT2D eigenvalue weighted by atomic mass is 10.3. The highest BCUT2D eigenvalue weighted by Gasteiger charge is 2.03. The second-order valence-electron chi connectivity index (χ2n) is 4.15. The van der Waals surface area contributed by atoms with Gasteiger partial charge in [0, 0.05) is 16.3 Å². The Morgan fingerprint density at radius 3 is 2.45 bits per heavy atom. The molecule has 0 bridgehead atoms. The molecule has 0 aromatic heterocycles. The highest BCUT2D eigenvalue weighted by molar-refractivity contribution is 7.99. The van der Waals surface area contributed by atoms with Crippen molar-refractivity contribution in [3.8, 4) is 11.5 Å². The molecule has 4 heteroatoms. The molecule has 0 fully saturated rings. The molecule has 2 aromatic carbocycles. The van der Waals surface area contributed by atoms with E-state index in [-0.39, 0.29) is 0 Å². The van der Waals surface area contributed by atoms with E-state index in [2.05, 4.69) is 6.07 Å². The molecule has 0 aliphatic carbocycles. The Bertz CT molecular complexity index is 546. The molecule has 0 saturated heterocycles. The third-order valence-corrected chi connectivity index (χ3v) is 3.57. The van der Waals surface area contributed by atoms with E-state index in [1.807, 2.05) is 49.4 Å². The zero-order chi connectivity index (χ0) is 14.2. The van der Waals surface area contributed by atoms with Crippen molar-refractivity contribution in [3.05, 3.63) is 48.5 Å². The molecule has 0 spiro atoms. The van der Waals surface area contributed by atoms with Crippen LogP contribution in [0.1, 0.15) is 6.92 Å². The van der Waals surface area contributed by atoms with Crippen LogP contribution in [0.15, 0.2) is 53.4 Å². The number of rotatable bonds is 7. The standard InChI is InChI=1S/C16H19NO2S/c1-2-18-15-8-3-4-9-16(15)19-10-11-20-14-7-5-6-13(17)12-14/h3-9,12H,2,10-11,17H2,1H3. The fraction of sp³-hybridized carbons (Fsp3) is 0.250. The van der Waals surface area contributed by atoms with Crippen molar-refractivity contribution in [1.82, 2.24) is 0 Å². The van der Waals surface area contributed by atoms with Gasteiger partial charge in [-0.2, -0.15) is 0 Å². The molecule has 2 rings (SSSR count). The first-order valence-corrected chi connectivity index (χ1v) is 7.61. The Kier molecular flexibility index (Phi) is 5.62. The van der Waals surface area contributed by atoms with E-state index in [4.69, 9.17) is 15.2 Å². The first-order chi connectivity index (χ1) is 9.79. The van der Waals surface area contributed by atoms with Crippen LogP contribution in [0.5, 0.6) is 11.5 Å². The quantitative estimate of drug-likeness (QED) is 0.478. The maximum Gasteiger partial charge on any atom is 0.161 e. The third-order valence-electron chi connectivity index (χ3n) is 2.62. The van der Waals surface area contributed by atoms with Crippen molar-refractivity contribution >= 4 is 17.4 Å². The number of benzene rings is 2. The Hall–Kier alpha value is -1.81. The summed E-state index contributed by atoms with van der Waals surface area (Å²) in [5.41, 5.74) is 6.54. The highest BCUT2D eigenvalue weighted by Crippen LogP contribution is 2.27. The summed E-state index contributed by atoms with van der Waals surface area (Å²) in [5, 5.41) is 0. The summed E-state index contributed by atoms with van der Waals surface area (Å²) in [5.74, 6) is 2.45. The second-order valence-corrected chi connectivity index (χ2v) is 5.32. The zero-order valence-electron chi connectivity index (χ0n) is 11.5. The summed E-state index contributed by atoms with van der Waals surface area (Å²) in [7, 11) is 0. The summed E-state index contributed by atoms with van der Waals surface area (Å²) >= 11 is 1.73. The molecule has 0 aliphatic rings. The van der Waals surface area contributed by atoms with Crippen molar-refractivity contribution in [3.63, 3.8) is 0 Å². The monoisotopic (exact) mass is 289 g/mol. The number of nitrogens with two attached hydrogens (primary N) is 1. The normalized spacial score (nSPS) is 10.2. The zero-order valence-corrected chi connectivity index (χ0v) is 12.4. The molecule has 0 saturated carbocycles. The Morgan fingerprint density at radius 2 is 1.75 bits per heavy atom. The highest BCUT2D eigenvalue weighted by atomic mass is 32.2. The van der Waals surface area contributed by atoms with Crippen molar-refractivity contribution in [2.24, 2.45) is 0 Å². The van der Waals surface area contributed by atoms with Crippen molar-refractivity contribution in [2.45, 2.75) is 11.8 Å². The Labute approximate surface area is 124 Å². The molecule has 0 atom stereocenters. The molecule has 2 N–H and O–H groups in total. The largest absolute Gasteiger partial charge is 0.490 e. The van der Waals surface area contributed by atoms with E-state index >= 15 is 0 Å². The molecule has 0 aliphatic heterocycles. The summed E-state index contributed by atoms with van der Waals surface area (Å²) < 4.78 is 11.3. The van der Waals surface area contributed by atoms with Gasteiger partial charge in [-0.1, -0.05) is 18.2 Å². The van der Waals surface area contributed by atoms with Gasteiger partial charge < -0.3 is 15.2 Å². The Balaban J connectivity index is 1.81. The average molecular weight is 289 g/mol. The topological polar surface area (TPSA) is 44.5 Å². The lowest BCUT2D eigenvalue weighted by Crippen LogP contribution is -2.02. The van der Waals surface area contributed by atoms with Crippen LogP contribution in [0.2, 0.25) is 0 Å². The molecule has 0 radical (unpaired) electrons. The molecule has 3 nitrogen and oxygen atoms in total. The van der Waals surface area contributed by atoms with Gasteiger partial charge >= 0.3 is 0 Å². The lowest BCUT2D eigenvalue weighted by molar-refractivity contribution is 0.289. The second kappa shape index (κ2) is 7.70. The molecule has 20 heavy (non-hydrogen) atoms. The average Bonchev–Trinajstić information content (AvgIpc) is 2.46. The fourth-order valence-corrected chi connectivity index (χ4v) is 2.56. The number of thioether (sulfide) groups is 1. The van der Waals surface area contributed by atoms with Gasteiger partial charge in [0.25, 0.3) is 0 Å². The molecular weight excluding hydrogens is 270 g/mol. The van der Waals surface area contributed by atoms with Crippen LogP contribution in [0.3, 0.4) is 0 Å². The molecule has 106 valence electrons. The van der Waals surface area contributed by atoms with E-state index in [1.54, 1.807) is 11.8 Å². The number of anilines is 1. The van der Waals surface area contributed by atoms with Crippen LogP contribution >= 0.6 is 11.8 Å². The van der Waals surface area contributed by atoms with Crippen molar-refractivity contribution in [1.29, 1.82) is 0 Å². The summed E-state index contributed by atoms with van der Waals surface area (Å²) in [6.07, 6.45) is 0. The fourth-order valence-electron chi connectivity index (χ4n) is 1.76. The van der Waals surface area contributed by atoms with E-state index in [9.17, 15) is 0 Å². The summed E-state index contributed by atoms with van der Waals surface area (Å²) in [4.78, 5) is 1.16. The first kappa shape index (κ1) is 14.6. The number of hydrogen-bond acceptors (Lipinski definition) is 4.